The maximum Gasteiger partial charge on any atom is 0.377 e. The number of esters is 2. The molecule has 1 aromatic carbocycles. The molecule has 1 atom stereocenters. The number of rotatable bonds is 4. The van der Waals surface area contributed by atoms with Crippen molar-refractivity contribution < 1.29 is 28.5 Å². The van der Waals surface area contributed by atoms with E-state index in [-0.39, 0.29) is 17.1 Å². The monoisotopic (exact) mass is 342 g/mol. The highest BCUT2D eigenvalue weighted by Crippen LogP contribution is 2.40. The first-order valence-corrected chi connectivity index (χ1v) is 6.47. The molecule has 0 aliphatic carbocycles. The predicted octanol–water partition coefficient (Wildman–Crippen LogP) is 2.29. The number of halogens is 1. The van der Waals surface area contributed by atoms with Crippen molar-refractivity contribution in [2.24, 2.45) is 0 Å². The molecule has 0 saturated carbocycles. The molecule has 0 spiro atoms. The number of methoxy groups -OCH3 is 2. The average Bonchev–Trinajstić information content (AvgIpc) is 2.73. The molecule has 6 nitrogen and oxygen atoms in total. The van der Waals surface area contributed by atoms with Gasteiger partial charge in [-0.1, -0.05) is 12.1 Å². The minimum Gasteiger partial charge on any atom is -0.500 e. The zero-order valence-electron chi connectivity index (χ0n) is 10.7. The van der Waals surface area contributed by atoms with Gasteiger partial charge >= 0.3 is 11.9 Å². The largest absolute Gasteiger partial charge is 0.500 e. The molecule has 7 heteroatoms. The molecule has 1 unspecified atom stereocenters. The zero-order chi connectivity index (χ0) is 14.7. The Hall–Kier alpha value is -2.02. The summed E-state index contributed by atoms with van der Waals surface area (Å²) >= 11 is 3.22. The molecule has 1 aromatic rings. The van der Waals surface area contributed by atoms with E-state index in [1.807, 2.05) is 0 Å². The van der Waals surface area contributed by atoms with Gasteiger partial charge in [0, 0.05) is 5.56 Å². The molecule has 0 N–H and O–H groups in total. The summed E-state index contributed by atoms with van der Waals surface area (Å²) in [6, 6.07) is 4.97. The first-order chi connectivity index (χ1) is 9.58. The Labute approximate surface area is 123 Å². The minimum atomic E-state index is -0.716. The van der Waals surface area contributed by atoms with Crippen molar-refractivity contribution in [3.05, 3.63) is 41.3 Å². The Bertz CT molecular complexity index is 580. The van der Waals surface area contributed by atoms with Gasteiger partial charge in [-0.15, -0.1) is 0 Å². The maximum absolute atomic E-state index is 11.8. The minimum absolute atomic E-state index is 0.172. The van der Waals surface area contributed by atoms with Crippen LogP contribution in [0.25, 0.3) is 0 Å². The predicted molar refractivity (Wildman–Crippen MR) is 71.3 cm³/mol. The fourth-order valence-electron chi connectivity index (χ4n) is 1.70. The number of carbonyl (C=O) groups excluding carboxylic acids is 2. The molecule has 20 heavy (non-hydrogen) atoms. The van der Waals surface area contributed by atoms with Crippen LogP contribution in [0.5, 0.6) is 5.75 Å². The van der Waals surface area contributed by atoms with Gasteiger partial charge in [-0.2, -0.15) is 0 Å². The fraction of sp³-hybridized carbons (Fsp3) is 0.231. The first kappa shape index (κ1) is 14.4. The second kappa shape index (κ2) is 5.96. The Morgan fingerprint density at radius 1 is 1.40 bits per heavy atom. The third kappa shape index (κ3) is 2.62. The third-order valence-corrected chi connectivity index (χ3v) is 3.23. The summed E-state index contributed by atoms with van der Waals surface area (Å²) in [6.45, 7) is 0. The summed E-state index contributed by atoms with van der Waals surface area (Å²) in [7, 11) is 2.58. The summed E-state index contributed by atoms with van der Waals surface area (Å²) in [4.78, 5) is 23.3. The summed E-state index contributed by atoms with van der Waals surface area (Å²) in [5.74, 6) is -1.22. The zero-order valence-corrected chi connectivity index (χ0v) is 12.3. The van der Waals surface area contributed by atoms with Gasteiger partial charge in [0.25, 0.3) is 0 Å². The lowest BCUT2D eigenvalue weighted by Crippen LogP contribution is -2.12. The van der Waals surface area contributed by atoms with Crippen LogP contribution in [0.15, 0.2) is 30.2 Å². The van der Waals surface area contributed by atoms with Crippen molar-refractivity contribution in [1.82, 2.24) is 0 Å². The maximum atomic E-state index is 11.8. The van der Waals surface area contributed by atoms with E-state index in [0.717, 1.165) is 6.26 Å². The van der Waals surface area contributed by atoms with Crippen LogP contribution in [0.3, 0.4) is 0 Å². The van der Waals surface area contributed by atoms with Crippen LogP contribution < -0.4 is 4.74 Å². The molecule has 0 bridgehead atoms. The van der Waals surface area contributed by atoms with E-state index in [2.05, 4.69) is 20.7 Å². The second-order valence-electron chi connectivity index (χ2n) is 3.75. The van der Waals surface area contributed by atoms with E-state index in [9.17, 15) is 9.59 Å². The number of hydrogen-bond donors (Lipinski definition) is 0. The van der Waals surface area contributed by atoms with Crippen molar-refractivity contribution in [2.75, 3.05) is 14.2 Å². The van der Waals surface area contributed by atoms with Gasteiger partial charge in [0.2, 0.25) is 5.76 Å². The quantitative estimate of drug-likeness (QED) is 0.362. The van der Waals surface area contributed by atoms with Crippen molar-refractivity contribution >= 4 is 27.9 Å². The topological polar surface area (TPSA) is 71.1 Å². The van der Waals surface area contributed by atoms with Gasteiger partial charge in [-0.25, -0.2) is 9.59 Å². The van der Waals surface area contributed by atoms with Gasteiger partial charge in [-0.3, -0.25) is 0 Å². The van der Waals surface area contributed by atoms with Crippen molar-refractivity contribution in [2.45, 2.75) is 5.01 Å². The normalized spacial score (nSPS) is 17.2. The number of alkyl halides is 1. The Balaban J connectivity index is 2.38. The van der Waals surface area contributed by atoms with Crippen LogP contribution in [0.4, 0.5) is 0 Å². The highest BCUT2D eigenvalue weighted by Gasteiger charge is 2.33. The van der Waals surface area contributed by atoms with Crippen LogP contribution in [0.2, 0.25) is 0 Å². The SMILES string of the molecule is CO/C=C(/Oc1cccc2c1C(=O)OC2Br)C(=O)OC. The average molecular weight is 343 g/mol. The van der Waals surface area contributed by atoms with Gasteiger partial charge in [-0.05, 0) is 22.0 Å². The van der Waals surface area contributed by atoms with Gasteiger partial charge in [0.1, 0.15) is 17.6 Å². The second-order valence-corrected chi connectivity index (χ2v) is 4.58. The number of carbonyl (C=O) groups is 2. The first-order valence-electron chi connectivity index (χ1n) is 5.55. The molecular formula is C13H11BrO6. The molecule has 106 valence electrons. The smallest absolute Gasteiger partial charge is 0.377 e. The molecule has 0 amide bonds. The van der Waals surface area contributed by atoms with Crippen molar-refractivity contribution in [1.29, 1.82) is 0 Å². The van der Waals surface area contributed by atoms with E-state index < -0.39 is 17.0 Å². The van der Waals surface area contributed by atoms with E-state index in [4.69, 9.17) is 14.2 Å². The molecule has 2 rings (SSSR count). The number of fused-ring (bicyclic) bond motifs is 1. The summed E-state index contributed by atoms with van der Waals surface area (Å²) < 4.78 is 19.8. The molecular weight excluding hydrogens is 332 g/mol. The summed E-state index contributed by atoms with van der Waals surface area (Å²) in [5.41, 5.74) is 0.898. The van der Waals surface area contributed by atoms with Crippen LogP contribution in [-0.4, -0.2) is 26.2 Å². The van der Waals surface area contributed by atoms with Crippen LogP contribution in [-0.2, 0) is 19.0 Å². The number of hydrogen-bond acceptors (Lipinski definition) is 6. The lowest BCUT2D eigenvalue weighted by molar-refractivity contribution is -0.138. The van der Waals surface area contributed by atoms with E-state index in [1.165, 1.54) is 14.2 Å². The number of ether oxygens (including phenoxy) is 4. The molecule has 0 saturated heterocycles. The van der Waals surface area contributed by atoms with E-state index >= 15 is 0 Å². The van der Waals surface area contributed by atoms with Gasteiger partial charge in [0.05, 0.1) is 14.2 Å². The Morgan fingerprint density at radius 2 is 2.15 bits per heavy atom. The number of cyclic esters (lactones) is 1. The van der Waals surface area contributed by atoms with E-state index in [0.29, 0.717) is 5.56 Å². The summed E-state index contributed by atoms with van der Waals surface area (Å²) in [5, 5.41) is -0.526. The number of benzene rings is 1. The van der Waals surface area contributed by atoms with Crippen LogP contribution >= 0.6 is 15.9 Å². The third-order valence-electron chi connectivity index (χ3n) is 2.55. The van der Waals surface area contributed by atoms with E-state index in [1.54, 1.807) is 18.2 Å². The van der Waals surface area contributed by atoms with Crippen LogP contribution in [0.1, 0.15) is 20.9 Å². The molecule has 1 aliphatic heterocycles. The lowest BCUT2D eigenvalue weighted by atomic mass is 10.1. The van der Waals surface area contributed by atoms with Gasteiger partial charge < -0.3 is 18.9 Å². The highest BCUT2D eigenvalue weighted by atomic mass is 79.9. The molecule has 0 aromatic heterocycles. The Morgan fingerprint density at radius 3 is 2.80 bits per heavy atom. The van der Waals surface area contributed by atoms with Gasteiger partial charge in [0.15, 0.2) is 5.01 Å². The molecule has 1 heterocycles. The van der Waals surface area contributed by atoms with Crippen LogP contribution in [0, 0.1) is 0 Å². The van der Waals surface area contributed by atoms with Crippen molar-refractivity contribution in [3.63, 3.8) is 0 Å². The molecule has 0 fully saturated rings. The summed E-state index contributed by atoms with van der Waals surface area (Å²) in [6.07, 6.45) is 1.09. The molecule has 0 radical (unpaired) electrons. The fourth-order valence-corrected chi connectivity index (χ4v) is 2.25. The standard InChI is InChI=1S/C13H11BrO6/c1-17-6-9(12(15)18-2)19-8-5-3-4-7-10(8)13(16)20-11(7)14/h3-6,11H,1-2H3/b9-6+. The lowest BCUT2D eigenvalue weighted by Gasteiger charge is -2.10. The van der Waals surface area contributed by atoms with Crippen molar-refractivity contribution in [3.8, 4) is 5.75 Å². The highest BCUT2D eigenvalue weighted by molar-refractivity contribution is 9.09. The Kier molecular flexibility index (Phi) is 4.29. The molecule has 1 aliphatic rings.